The molecule has 14 heavy (non-hydrogen) atoms. The van der Waals surface area contributed by atoms with E-state index >= 15 is 0 Å². The van der Waals surface area contributed by atoms with Gasteiger partial charge in [-0.1, -0.05) is 30.3 Å². The van der Waals surface area contributed by atoms with E-state index in [0.29, 0.717) is 6.54 Å². The minimum atomic E-state index is -3.61. The van der Waals surface area contributed by atoms with Crippen LogP contribution in [-0.4, -0.2) is 11.5 Å². The Morgan fingerprint density at radius 2 is 2.07 bits per heavy atom. The standard InChI is InChI=1S/C9H14NO3P/c1-2-13-14(11,12)10-8-9-6-4-3-5-7-9/h3-7H,2,8H2,1H3,(H2,10,11,12). The normalized spacial score (nSPS) is 15.0. The zero-order valence-corrected chi connectivity index (χ0v) is 8.91. The molecule has 1 aromatic rings. The van der Waals surface area contributed by atoms with Crippen LogP contribution >= 0.6 is 7.75 Å². The van der Waals surface area contributed by atoms with Gasteiger partial charge in [-0.05, 0) is 12.5 Å². The number of hydrogen-bond donors (Lipinski definition) is 2. The highest BCUT2D eigenvalue weighted by molar-refractivity contribution is 7.50. The van der Waals surface area contributed by atoms with E-state index in [2.05, 4.69) is 9.61 Å². The summed E-state index contributed by atoms with van der Waals surface area (Å²) in [7, 11) is -3.61. The van der Waals surface area contributed by atoms with Gasteiger partial charge in [0.1, 0.15) is 0 Å². The summed E-state index contributed by atoms with van der Waals surface area (Å²) in [5, 5.41) is 2.47. The predicted octanol–water partition coefficient (Wildman–Crippen LogP) is 1.91. The Labute approximate surface area is 83.5 Å². The Bertz CT molecular complexity index is 315. The van der Waals surface area contributed by atoms with Gasteiger partial charge < -0.3 is 4.89 Å². The molecular formula is C9H14NO3P. The molecule has 0 aromatic heterocycles. The topological polar surface area (TPSA) is 58.6 Å². The molecule has 0 bridgehead atoms. The second-order valence-electron chi connectivity index (χ2n) is 2.76. The average molecular weight is 215 g/mol. The first-order chi connectivity index (χ1) is 6.64. The van der Waals surface area contributed by atoms with Crippen molar-refractivity contribution >= 4 is 7.75 Å². The van der Waals surface area contributed by atoms with Crippen LogP contribution in [0.15, 0.2) is 30.3 Å². The first-order valence-electron chi connectivity index (χ1n) is 4.40. The van der Waals surface area contributed by atoms with Crippen molar-refractivity contribution in [1.29, 1.82) is 0 Å². The van der Waals surface area contributed by atoms with E-state index < -0.39 is 7.75 Å². The summed E-state index contributed by atoms with van der Waals surface area (Å²) >= 11 is 0. The van der Waals surface area contributed by atoms with Gasteiger partial charge in [-0.2, -0.15) is 0 Å². The van der Waals surface area contributed by atoms with E-state index in [4.69, 9.17) is 0 Å². The molecule has 1 rings (SSSR count). The van der Waals surface area contributed by atoms with Crippen LogP contribution in [0.1, 0.15) is 12.5 Å². The molecule has 78 valence electrons. The SMILES string of the molecule is CCOP(=O)(O)NCc1ccccc1. The third-order valence-electron chi connectivity index (χ3n) is 1.63. The van der Waals surface area contributed by atoms with Crippen molar-refractivity contribution in [2.24, 2.45) is 0 Å². The van der Waals surface area contributed by atoms with Crippen LogP contribution in [-0.2, 0) is 15.6 Å². The van der Waals surface area contributed by atoms with E-state index in [0.717, 1.165) is 5.56 Å². The molecule has 1 atom stereocenters. The van der Waals surface area contributed by atoms with Crippen molar-refractivity contribution in [3.8, 4) is 0 Å². The van der Waals surface area contributed by atoms with Gasteiger partial charge in [-0.3, -0.25) is 4.52 Å². The lowest BCUT2D eigenvalue weighted by molar-refractivity contribution is 0.263. The number of nitrogens with one attached hydrogen (secondary N) is 1. The molecule has 0 heterocycles. The maximum atomic E-state index is 11.2. The fourth-order valence-electron chi connectivity index (χ4n) is 1.01. The minimum Gasteiger partial charge on any atom is -0.312 e. The summed E-state index contributed by atoms with van der Waals surface area (Å²) in [6.45, 7) is 2.22. The molecule has 0 radical (unpaired) electrons. The molecule has 0 saturated carbocycles. The second-order valence-corrected chi connectivity index (χ2v) is 4.37. The van der Waals surface area contributed by atoms with Crippen molar-refractivity contribution in [1.82, 2.24) is 5.09 Å². The van der Waals surface area contributed by atoms with Crippen molar-refractivity contribution in [2.75, 3.05) is 6.61 Å². The third-order valence-corrected chi connectivity index (χ3v) is 2.80. The van der Waals surface area contributed by atoms with Crippen LogP contribution in [0.4, 0.5) is 0 Å². The third kappa shape index (κ3) is 4.03. The average Bonchev–Trinajstić information content (AvgIpc) is 2.17. The van der Waals surface area contributed by atoms with Gasteiger partial charge in [-0.15, -0.1) is 0 Å². The van der Waals surface area contributed by atoms with Crippen LogP contribution in [0.25, 0.3) is 0 Å². The van der Waals surface area contributed by atoms with E-state index in [1.165, 1.54) is 0 Å². The minimum absolute atomic E-state index is 0.218. The molecule has 0 amide bonds. The lowest BCUT2D eigenvalue weighted by Crippen LogP contribution is -2.11. The van der Waals surface area contributed by atoms with Gasteiger partial charge in [0.25, 0.3) is 0 Å². The predicted molar refractivity (Wildman–Crippen MR) is 54.7 cm³/mol. The Morgan fingerprint density at radius 3 is 2.64 bits per heavy atom. The smallest absolute Gasteiger partial charge is 0.312 e. The number of rotatable bonds is 5. The van der Waals surface area contributed by atoms with Crippen molar-refractivity contribution < 1.29 is 14.0 Å². The summed E-state index contributed by atoms with van der Waals surface area (Å²) in [6.07, 6.45) is 0. The zero-order chi connectivity index (χ0) is 10.4. The molecule has 2 N–H and O–H groups in total. The Kier molecular flexibility index (Phi) is 4.29. The molecule has 0 fully saturated rings. The molecule has 0 aliphatic heterocycles. The van der Waals surface area contributed by atoms with Gasteiger partial charge in [0.15, 0.2) is 0 Å². The van der Waals surface area contributed by atoms with Gasteiger partial charge in [0, 0.05) is 6.54 Å². The molecular weight excluding hydrogens is 201 g/mol. The fraction of sp³-hybridized carbons (Fsp3) is 0.333. The Balaban J connectivity index is 2.45. The lowest BCUT2D eigenvalue weighted by atomic mass is 10.2. The van der Waals surface area contributed by atoms with E-state index in [9.17, 15) is 9.46 Å². The highest BCUT2D eigenvalue weighted by atomic mass is 31.2. The van der Waals surface area contributed by atoms with E-state index in [1.54, 1.807) is 6.92 Å². The molecule has 1 aromatic carbocycles. The van der Waals surface area contributed by atoms with E-state index in [1.807, 2.05) is 30.3 Å². The maximum absolute atomic E-state index is 11.2. The van der Waals surface area contributed by atoms with E-state index in [-0.39, 0.29) is 6.61 Å². The lowest BCUT2D eigenvalue weighted by Gasteiger charge is -2.11. The number of hydrogen-bond acceptors (Lipinski definition) is 2. The summed E-state index contributed by atoms with van der Waals surface area (Å²) < 4.78 is 15.9. The summed E-state index contributed by atoms with van der Waals surface area (Å²) in [5.74, 6) is 0. The highest BCUT2D eigenvalue weighted by Gasteiger charge is 2.16. The molecule has 0 aliphatic rings. The molecule has 4 nitrogen and oxygen atoms in total. The van der Waals surface area contributed by atoms with Gasteiger partial charge in [-0.25, -0.2) is 9.65 Å². The van der Waals surface area contributed by atoms with Crippen molar-refractivity contribution in [3.05, 3.63) is 35.9 Å². The van der Waals surface area contributed by atoms with Crippen LogP contribution in [0.2, 0.25) is 0 Å². The van der Waals surface area contributed by atoms with Gasteiger partial charge in [0.2, 0.25) is 0 Å². The molecule has 5 heteroatoms. The molecule has 0 aliphatic carbocycles. The van der Waals surface area contributed by atoms with Crippen LogP contribution in [0.5, 0.6) is 0 Å². The van der Waals surface area contributed by atoms with Crippen LogP contribution < -0.4 is 5.09 Å². The monoisotopic (exact) mass is 215 g/mol. The molecule has 0 spiro atoms. The maximum Gasteiger partial charge on any atom is 0.403 e. The van der Waals surface area contributed by atoms with Crippen molar-refractivity contribution in [3.63, 3.8) is 0 Å². The van der Waals surface area contributed by atoms with Crippen LogP contribution in [0.3, 0.4) is 0 Å². The second kappa shape index (κ2) is 5.27. The largest absolute Gasteiger partial charge is 0.403 e. The molecule has 0 saturated heterocycles. The fourth-order valence-corrected chi connectivity index (χ4v) is 1.83. The molecule has 1 unspecified atom stereocenters. The van der Waals surface area contributed by atoms with Crippen LogP contribution in [0, 0.1) is 0 Å². The first kappa shape index (κ1) is 11.4. The van der Waals surface area contributed by atoms with Gasteiger partial charge >= 0.3 is 7.75 Å². The number of benzene rings is 1. The summed E-state index contributed by atoms with van der Waals surface area (Å²) in [6, 6.07) is 9.39. The summed E-state index contributed by atoms with van der Waals surface area (Å²) in [4.78, 5) is 9.20. The first-order valence-corrected chi connectivity index (χ1v) is 5.98. The highest BCUT2D eigenvalue weighted by Crippen LogP contribution is 2.36. The van der Waals surface area contributed by atoms with Gasteiger partial charge in [0.05, 0.1) is 6.61 Å². The quantitative estimate of drug-likeness (QED) is 0.736. The Morgan fingerprint density at radius 1 is 1.43 bits per heavy atom. The zero-order valence-electron chi connectivity index (χ0n) is 8.01. The summed E-state index contributed by atoms with van der Waals surface area (Å²) in [5.41, 5.74) is 0.946. The van der Waals surface area contributed by atoms with Crippen molar-refractivity contribution in [2.45, 2.75) is 13.5 Å². The Hall–Kier alpha value is -0.670.